The fourth-order valence-electron chi connectivity index (χ4n) is 3.02. The maximum Gasteiger partial charge on any atom is 0.0756 e. The quantitative estimate of drug-likeness (QED) is 0.736. The monoisotopic (exact) mass is 357 g/mol. The largest absolute Gasteiger partial charge is 0.380 e. The maximum atomic E-state index is 5.82. The van der Waals surface area contributed by atoms with Crippen LogP contribution >= 0.6 is 15.9 Å². The highest BCUT2D eigenvalue weighted by molar-refractivity contribution is 9.10. The fourth-order valence-corrected chi connectivity index (χ4v) is 3.46. The van der Waals surface area contributed by atoms with Gasteiger partial charge in [0.2, 0.25) is 0 Å². The van der Waals surface area contributed by atoms with Gasteiger partial charge in [0.25, 0.3) is 0 Å². The molecular formula is C16H28BrN3O. The minimum atomic E-state index is 0.309. The number of rotatable bonds is 9. The Morgan fingerprint density at radius 2 is 2.14 bits per heavy atom. The van der Waals surface area contributed by atoms with Crippen LogP contribution in [0.1, 0.15) is 44.5 Å². The highest BCUT2D eigenvalue weighted by atomic mass is 79.9. The Bertz CT molecular complexity index is 457. The third-order valence-corrected chi connectivity index (χ3v) is 5.31. The van der Waals surface area contributed by atoms with Crippen molar-refractivity contribution in [3.63, 3.8) is 0 Å². The third kappa shape index (κ3) is 4.08. The third-order valence-electron chi connectivity index (χ3n) is 4.28. The molecule has 1 aliphatic rings. The van der Waals surface area contributed by atoms with E-state index in [9.17, 15) is 0 Å². The van der Waals surface area contributed by atoms with E-state index < -0.39 is 0 Å². The average molecular weight is 358 g/mol. The number of aryl methyl sites for hydroxylation is 2. The molecule has 120 valence electrons. The zero-order valence-electron chi connectivity index (χ0n) is 13.7. The SMILES string of the molecule is CCCNC(Cc1c(Br)c(C)nn1CC)C(OC)C1CC1. The minimum Gasteiger partial charge on any atom is -0.380 e. The van der Waals surface area contributed by atoms with Crippen molar-refractivity contribution in [1.29, 1.82) is 0 Å². The van der Waals surface area contributed by atoms with Gasteiger partial charge in [-0.3, -0.25) is 4.68 Å². The van der Waals surface area contributed by atoms with E-state index in [4.69, 9.17) is 4.74 Å². The summed E-state index contributed by atoms with van der Waals surface area (Å²) in [6.45, 7) is 8.35. The van der Waals surface area contributed by atoms with E-state index in [1.54, 1.807) is 0 Å². The number of ether oxygens (including phenoxy) is 1. The van der Waals surface area contributed by atoms with E-state index in [1.807, 2.05) is 7.11 Å². The predicted octanol–water partition coefficient (Wildman–Crippen LogP) is 3.31. The Labute approximate surface area is 136 Å². The first-order valence-corrected chi connectivity index (χ1v) is 8.89. The summed E-state index contributed by atoms with van der Waals surface area (Å²) < 4.78 is 9.08. The van der Waals surface area contributed by atoms with Gasteiger partial charge >= 0.3 is 0 Å². The Morgan fingerprint density at radius 3 is 2.67 bits per heavy atom. The molecule has 1 N–H and O–H groups in total. The van der Waals surface area contributed by atoms with Crippen molar-refractivity contribution < 1.29 is 4.74 Å². The van der Waals surface area contributed by atoms with Crippen LogP contribution < -0.4 is 5.32 Å². The highest BCUT2D eigenvalue weighted by Gasteiger charge is 2.37. The minimum absolute atomic E-state index is 0.309. The van der Waals surface area contributed by atoms with Crippen molar-refractivity contribution in [3.05, 3.63) is 15.9 Å². The first-order chi connectivity index (χ1) is 10.1. The summed E-state index contributed by atoms with van der Waals surface area (Å²) in [4.78, 5) is 0. The first kappa shape index (κ1) is 17.0. The second-order valence-electron chi connectivity index (χ2n) is 5.96. The van der Waals surface area contributed by atoms with Crippen molar-refractivity contribution in [1.82, 2.24) is 15.1 Å². The molecule has 4 nitrogen and oxygen atoms in total. The lowest BCUT2D eigenvalue weighted by atomic mass is 10.0. The molecule has 2 atom stereocenters. The normalized spacial score (nSPS) is 18.0. The number of nitrogens with zero attached hydrogens (tertiary/aromatic N) is 2. The summed E-state index contributed by atoms with van der Waals surface area (Å²) in [5.74, 6) is 0.724. The van der Waals surface area contributed by atoms with Crippen molar-refractivity contribution in [2.24, 2.45) is 5.92 Å². The smallest absolute Gasteiger partial charge is 0.0756 e. The molecule has 0 radical (unpaired) electrons. The van der Waals surface area contributed by atoms with Crippen molar-refractivity contribution in [3.8, 4) is 0 Å². The standard InChI is InChI=1S/C16H28BrN3O/c1-5-9-18-13(16(21-4)12-7-8-12)10-14-15(17)11(3)19-20(14)6-2/h12-13,16,18H,5-10H2,1-4H3. The van der Waals surface area contributed by atoms with Crippen LogP contribution in [0.5, 0.6) is 0 Å². The number of hydrogen-bond donors (Lipinski definition) is 1. The van der Waals surface area contributed by atoms with Gasteiger partial charge in [-0.1, -0.05) is 6.92 Å². The van der Waals surface area contributed by atoms with E-state index in [0.29, 0.717) is 12.1 Å². The first-order valence-electron chi connectivity index (χ1n) is 8.10. The molecule has 2 rings (SSSR count). The lowest BCUT2D eigenvalue weighted by molar-refractivity contribution is 0.0504. The molecule has 0 saturated heterocycles. The summed E-state index contributed by atoms with van der Waals surface area (Å²) in [6.07, 6.45) is 5.02. The summed E-state index contributed by atoms with van der Waals surface area (Å²) in [5, 5.41) is 8.30. The van der Waals surface area contributed by atoms with Gasteiger partial charge in [0.1, 0.15) is 0 Å². The van der Waals surface area contributed by atoms with Gasteiger partial charge in [0.05, 0.1) is 22.0 Å². The molecule has 1 aliphatic carbocycles. The maximum absolute atomic E-state index is 5.82. The van der Waals surface area contributed by atoms with Crippen LogP contribution in [0, 0.1) is 12.8 Å². The summed E-state index contributed by atoms with van der Waals surface area (Å²) in [6, 6.07) is 0.361. The van der Waals surface area contributed by atoms with E-state index in [1.165, 1.54) is 18.5 Å². The molecule has 2 unspecified atom stereocenters. The van der Waals surface area contributed by atoms with Crippen molar-refractivity contribution >= 4 is 15.9 Å². The molecule has 0 aromatic carbocycles. The zero-order chi connectivity index (χ0) is 15.4. The summed E-state index contributed by atoms with van der Waals surface area (Å²) in [5.41, 5.74) is 2.35. The molecule has 0 aliphatic heterocycles. The molecular weight excluding hydrogens is 330 g/mol. The van der Waals surface area contributed by atoms with Crippen LogP contribution in [0.2, 0.25) is 0 Å². The number of hydrogen-bond acceptors (Lipinski definition) is 3. The van der Waals surface area contributed by atoms with Crippen molar-refractivity contribution in [2.75, 3.05) is 13.7 Å². The predicted molar refractivity (Wildman–Crippen MR) is 89.6 cm³/mol. The van der Waals surface area contributed by atoms with Gasteiger partial charge in [-0.25, -0.2) is 0 Å². The van der Waals surface area contributed by atoms with Gasteiger partial charge in [-0.15, -0.1) is 0 Å². The van der Waals surface area contributed by atoms with E-state index in [-0.39, 0.29) is 0 Å². The molecule has 1 fully saturated rings. The van der Waals surface area contributed by atoms with E-state index >= 15 is 0 Å². The van der Waals surface area contributed by atoms with Crippen LogP contribution in [0.4, 0.5) is 0 Å². The topological polar surface area (TPSA) is 39.1 Å². The lowest BCUT2D eigenvalue weighted by Crippen LogP contribution is -2.44. The molecule has 0 amide bonds. The molecule has 1 heterocycles. The molecule has 1 aromatic heterocycles. The van der Waals surface area contributed by atoms with Gasteiger partial charge < -0.3 is 10.1 Å². The summed E-state index contributed by atoms with van der Waals surface area (Å²) in [7, 11) is 1.85. The molecule has 5 heteroatoms. The number of nitrogens with one attached hydrogen (secondary N) is 1. The number of methoxy groups -OCH3 is 1. The van der Waals surface area contributed by atoms with Crippen molar-refractivity contribution in [2.45, 2.75) is 65.1 Å². The molecule has 0 bridgehead atoms. The Hall–Kier alpha value is -0.390. The van der Waals surface area contributed by atoms with E-state index in [0.717, 1.165) is 42.0 Å². The molecule has 0 spiro atoms. The van der Waals surface area contributed by atoms with E-state index in [2.05, 4.69) is 51.8 Å². The number of halogens is 1. The highest BCUT2D eigenvalue weighted by Crippen LogP contribution is 2.36. The second kappa shape index (κ2) is 7.75. The zero-order valence-corrected chi connectivity index (χ0v) is 15.2. The van der Waals surface area contributed by atoms with Crippen LogP contribution in [-0.4, -0.2) is 35.6 Å². The Morgan fingerprint density at radius 1 is 1.43 bits per heavy atom. The summed E-state index contributed by atoms with van der Waals surface area (Å²) >= 11 is 3.71. The lowest BCUT2D eigenvalue weighted by Gasteiger charge is -2.27. The molecule has 1 saturated carbocycles. The van der Waals surface area contributed by atoms with Gasteiger partial charge in [-0.05, 0) is 61.5 Å². The van der Waals surface area contributed by atoms with Crippen LogP contribution in [-0.2, 0) is 17.7 Å². The van der Waals surface area contributed by atoms with Gasteiger partial charge in [0, 0.05) is 26.1 Å². The fraction of sp³-hybridized carbons (Fsp3) is 0.812. The number of aromatic nitrogens is 2. The van der Waals surface area contributed by atoms with Gasteiger partial charge in [-0.2, -0.15) is 5.10 Å². The van der Waals surface area contributed by atoms with Crippen LogP contribution in [0.15, 0.2) is 4.47 Å². The van der Waals surface area contributed by atoms with Crippen LogP contribution in [0.25, 0.3) is 0 Å². The Balaban J connectivity index is 2.17. The second-order valence-corrected chi connectivity index (χ2v) is 6.76. The molecule has 1 aromatic rings. The van der Waals surface area contributed by atoms with Crippen LogP contribution in [0.3, 0.4) is 0 Å². The molecule has 21 heavy (non-hydrogen) atoms. The Kier molecular flexibility index (Phi) is 6.26. The average Bonchev–Trinajstić information content (AvgIpc) is 3.27. The van der Waals surface area contributed by atoms with Gasteiger partial charge in [0.15, 0.2) is 0 Å².